The Kier molecular flexibility index (Phi) is 4.55. The Labute approximate surface area is 151 Å². The van der Waals surface area contributed by atoms with E-state index in [2.05, 4.69) is 30.4 Å². The van der Waals surface area contributed by atoms with E-state index in [0.29, 0.717) is 11.9 Å². The summed E-state index contributed by atoms with van der Waals surface area (Å²) in [5.74, 6) is 1.79. The Hall–Kier alpha value is -2.90. The molecule has 3 aromatic rings. The monoisotopic (exact) mass is 353 g/mol. The number of nitrogens with one attached hydrogen (secondary N) is 2. The maximum atomic E-state index is 12.5. The van der Waals surface area contributed by atoms with Gasteiger partial charge < -0.3 is 9.47 Å². The van der Waals surface area contributed by atoms with Crippen LogP contribution in [-0.2, 0) is 17.8 Å². The highest BCUT2D eigenvalue weighted by molar-refractivity contribution is 5.90. The van der Waals surface area contributed by atoms with Gasteiger partial charge in [-0.1, -0.05) is 19.1 Å². The van der Waals surface area contributed by atoms with Gasteiger partial charge in [0.15, 0.2) is 0 Å². The van der Waals surface area contributed by atoms with Crippen LogP contribution in [0.4, 0.5) is 11.9 Å². The first kappa shape index (κ1) is 16.6. The topological polar surface area (TPSA) is 91.7 Å². The third-order valence-corrected chi connectivity index (χ3v) is 4.72. The number of imidazole rings is 1. The van der Waals surface area contributed by atoms with Crippen molar-refractivity contribution >= 4 is 28.8 Å². The molecule has 1 saturated heterocycles. The second-order valence-electron chi connectivity index (χ2n) is 6.54. The van der Waals surface area contributed by atoms with Crippen molar-refractivity contribution < 1.29 is 4.79 Å². The molecule has 1 fully saturated rings. The van der Waals surface area contributed by atoms with Gasteiger partial charge in [0.1, 0.15) is 12.4 Å². The van der Waals surface area contributed by atoms with Gasteiger partial charge in [-0.05, 0) is 31.4 Å². The normalized spacial score (nSPS) is 14.7. The van der Waals surface area contributed by atoms with Gasteiger partial charge in [-0.2, -0.15) is 4.98 Å². The summed E-state index contributed by atoms with van der Waals surface area (Å²) in [6, 6.07) is 7.86. The average Bonchev–Trinajstić information content (AvgIpc) is 3.27. The summed E-state index contributed by atoms with van der Waals surface area (Å²) >= 11 is 0. The second-order valence-corrected chi connectivity index (χ2v) is 6.54. The zero-order valence-corrected chi connectivity index (χ0v) is 14.9. The van der Waals surface area contributed by atoms with Gasteiger partial charge >= 0.3 is 0 Å². The highest BCUT2D eigenvalue weighted by Crippen LogP contribution is 2.18. The first-order chi connectivity index (χ1) is 12.7. The summed E-state index contributed by atoms with van der Waals surface area (Å²) in [6.07, 6.45) is 4.33. The highest BCUT2D eigenvalue weighted by atomic mass is 16.2. The zero-order valence-electron chi connectivity index (χ0n) is 14.9. The van der Waals surface area contributed by atoms with Crippen molar-refractivity contribution in [3.8, 4) is 0 Å². The van der Waals surface area contributed by atoms with Gasteiger partial charge in [0.25, 0.3) is 0 Å². The van der Waals surface area contributed by atoms with Gasteiger partial charge in [0.2, 0.25) is 17.8 Å². The van der Waals surface area contributed by atoms with E-state index >= 15 is 0 Å². The predicted octanol–water partition coefficient (Wildman–Crippen LogP) is 2.35. The van der Waals surface area contributed by atoms with Crippen LogP contribution in [-0.4, -0.2) is 43.7 Å². The number of fused-ring (bicyclic) bond motifs is 1. The number of anilines is 2. The molecule has 2 aromatic heterocycles. The highest BCUT2D eigenvalue weighted by Gasteiger charge is 2.17. The van der Waals surface area contributed by atoms with Crippen LogP contribution in [0, 0.1) is 0 Å². The molecule has 1 amide bonds. The number of aromatic amines is 1. The van der Waals surface area contributed by atoms with Gasteiger partial charge in [-0.3, -0.25) is 10.1 Å². The Morgan fingerprint density at radius 1 is 1.19 bits per heavy atom. The maximum absolute atomic E-state index is 12.5. The molecule has 26 heavy (non-hydrogen) atoms. The van der Waals surface area contributed by atoms with Gasteiger partial charge in [0.05, 0.1) is 11.0 Å². The van der Waals surface area contributed by atoms with Gasteiger partial charge in [0, 0.05) is 19.5 Å². The lowest BCUT2D eigenvalue weighted by atomic mass is 10.1. The van der Waals surface area contributed by atoms with E-state index in [0.717, 1.165) is 49.2 Å². The summed E-state index contributed by atoms with van der Waals surface area (Å²) in [5, 5.41) is 9.86. The number of para-hydroxylation sites is 2. The van der Waals surface area contributed by atoms with Crippen LogP contribution in [0.3, 0.4) is 0 Å². The number of rotatable bonds is 5. The number of aromatic nitrogens is 5. The smallest absolute Gasteiger partial charge is 0.246 e. The molecule has 0 saturated carbocycles. The minimum Gasteiger partial charge on any atom is -0.340 e. The molecule has 0 atom stereocenters. The van der Waals surface area contributed by atoms with Gasteiger partial charge in [-0.25, -0.2) is 10.1 Å². The molecule has 0 bridgehead atoms. The molecule has 4 rings (SSSR count). The fourth-order valence-corrected chi connectivity index (χ4v) is 3.43. The van der Waals surface area contributed by atoms with Crippen LogP contribution in [0.2, 0.25) is 0 Å². The van der Waals surface area contributed by atoms with E-state index < -0.39 is 0 Å². The number of H-pyrrole nitrogens is 1. The van der Waals surface area contributed by atoms with E-state index in [4.69, 9.17) is 0 Å². The Bertz CT molecular complexity index is 907. The Morgan fingerprint density at radius 2 is 2.00 bits per heavy atom. The molecule has 1 aliphatic heterocycles. The fourth-order valence-electron chi connectivity index (χ4n) is 3.43. The summed E-state index contributed by atoms with van der Waals surface area (Å²) in [6.45, 7) is 4.17. The molecule has 1 aliphatic rings. The van der Waals surface area contributed by atoms with Crippen molar-refractivity contribution in [3.05, 3.63) is 30.1 Å². The number of hydrogen-bond donors (Lipinski definition) is 2. The summed E-state index contributed by atoms with van der Waals surface area (Å²) < 4.78 is 1.95. The molecule has 0 unspecified atom stereocenters. The number of hydrogen-bond acceptors (Lipinski definition) is 5. The van der Waals surface area contributed by atoms with Crippen molar-refractivity contribution in [3.63, 3.8) is 0 Å². The van der Waals surface area contributed by atoms with Crippen molar-refractivity contribution in [1.82, 2.24) is 24.7 Å². The minimum atomic E-state index is -0.149. The van der Waals surface area contributed by atoms with Crippen molar-refractivity contribution in [1.29, 1.82) is 0 Å². The van der Waals surface area contributed by atoms with Crippen molar-refractivity contribution in [2.24, 2.45) is 0 Å². The fraction of sp³-hybridized carbons (Fsp3) is 0.444. The number of piperidine rings is 1. The van der Waals surface area contributed by atoms with Crippen LogP contribution >= 0.6 is 0 Å². The molecular formula is C18H23N7O. The van der Waals surface area contributed by atoms with Crippen LogP contribution < -0.4 is 10.2 Å². The van der Waals surface area contributed by atoms with Crippen LogP contribution in [0.5, 0.6) is 0 Å². The first-order valence-corrected chi connectivity index (χ1v) is 9.16. The molecule has 8 heteroatoms. The standard InChI is InChI=1S/C18H23N7O/c1-2-15-19-13-8-4-5-9-14(13)25(15)12-16(26)20-17-21-18(23-22-17)24-10-6-3-7-11-24/h4-5,8-9H,2-3,6-7,10-12H2,1H3,(H2,20,21,22,23,26). The molecule has 3 heterocycles. The maximum Gasteiger partial charge on any atom is 0.246 e. The van der Waals surface area contributed by atoms with E-state index in [1.807, 2.05) is 35.8 Å². The summed E-state index contributed by atoms with van der Waals surface area (Å²) in [4.78, 5) is 23.7. The van der Waals surface area contributed by atoms with Crippen LogP contribution in [0.1, 0.15) is 32.0 Å². The molecule has 8 nitrogen and oxygen atoms in total. The quantitative estimate of drug-likeness (QED) is 0.735. The summed E-state index contributed by atoms with van der Waals surface area (Å²) in [5.41, 5.74) is 1.87. The first-order valence-electron chi connectivity index (χ1n) is 9.16. The van der Waals surface area contributed by atoms with Gasteiger partial charge in [-0.15, -0.1) is 5.10 Å². The lowest BCUT2D eigenvalue weighted by Gasteiger charge is -2.24. The lowest BCUT2D eigenvalue weighted by molar-refractivity contribution is -0.116. The Morgan fingerprint density at radius 3 is 2.81 bits per heavy atom. The van der Waals surface area contributed by atoms with E-state index in [1.54, 1.807) is 0 Å². The molecule has 2 N–H and O–H groups in total. The number of nitrogens with zero attached hydrogens (tertiary/aromatic N) is 5. The third-order valence-electron chi connectivity index (χ3n) is 4.72. The van der Waals surface area contributed by atoms with Crippen LogP contribution in [0.25, 0.3) is 11.0 Å². The SMILES string of the molecule is CCc1nc2ccccc2n1CC(=O)Nc1nc(N2CCCCC2)n[nH]1. The van der Waals surface area contributed by atoms with Crippen molar-refractivity contribution in [2.75, 3.05) is 23.3 Å². The van der Waals surface area contributed by atoms with Crippen LogP contribution in [0.15, 0.2) is 24.3 Å². The molecular weight excluding hydrogens is 330 g/mol. The molecule has 0 spiro atoms. The third kappa shape index (κ3) is 3.26. The zero-order chi connectivity index (χ0) is 17.9. The van der Waals surface area contributed by atoms with E-state index in [9.17, 15) is 4.79 Å². The number of amides is 1. The number of carbonyl (C=O) groups is 1. The van der Waals surface area contributed by atoms with E-state index in [-0.39, 0.29) is 12.5 Å². The molecule has 0 radical (unpaired) electrons. The minimum absolute atomic E-state index is 0.149. The second kappa shape index (κ2) is 7.15. The largest absolute Gasteiger partial charge is 0.340 e. The number of aryl methyl sites for hydroxylation is 1. The number of carbonyl (C=O) groups excluding carboxylic acids is 1. The average molecular weight is 353 g/mol. The van der Waals surface area contributed by atoms with E-state index in [1.165, 1.54) is 6.42 Å². The number of benzene rings is 1. The van der Waals surface area contributed by atoms with Crippen molar-refractivity contribution in [2.45, 2.75) is 39.2 Å². The predicted molar refractivity (Wildman–Crippen MR) is 100 cm³/mol. The molecule has 1 aromatic carbocycles. The molecule has 136 valence electrons. The summed E-state index contributed by atoms with van der Waals surface area (Å²) in [7, 11) is 0. The molecule has 0 aliphatic carbocycles. The Balaban J connectivity index is 1.47. The lowest BCUT2D eigenvalue weighted by Crippen LogP contribution is -2.30.